The zero-order valence-corrected chi connectivity index (χ0v) is 11.0. The molecule has 6 nitrogen and oxygen atoms in total. The lowest BCUT2D eigenvalue weighted by Crippen LogP contribution is -2.35. The van der Waals surface area contributed by atoms with Gasteiger partial charge in [-0.05, 0) is 18.2 Å². The van der Waals surface area contributed by atoms with E-state index in [-0.39, 0.29) is 11.7 Å². The molecule has 3 rings (SSSR count). The lowest BCUT2D eigenvalue weighted by molar-refractivity contribution is 0.0697. The second kappa shape index (κ2) is 4.56. The van der Waals surface area contributed by atoms with Crippen LogP contribution in [0.15, 0.2) is 18.2 Å². The number of carboxylic acid groups (broad SMARTS) is 1. The highest BCUT2D eigenvalue weighted by Crippen LogP contribution is 2.28. The number of carboxylic acids is 1. The number of aromatic carboxylic acids is 1. The maximum absolute atomic E-state index is 11.6. The quantitative estimate of drug-likeness (QED) is 0.833. The second-order valence-corrected chi connectivity index (χ2v) is 4.79. The van der Waals surface area contributed by atoms with Crippen molar-refractivity contribution in [2.75, 3.05) is 13.7 Å². The van der Waals surface area contributed by atoms with Crippen LogP contribution in [0.5, 0.6) is 0 Å². The van der Waals surface area contributed by atoms with E-state index in [0.717, 1.165) is 22.2 Å². The first kappa shape index (κ1) is 12.5. The van der Waals surface area contributed by atoms with Crippen LogP contribution >= 0.6 is 0 Å². The monoisotopic (exact) mass is 274 g/mol. The van der Waals surface area contributed by atoms with Gasteiger partial charge in [-0.15, -0.1) is 0 Å². The van der Waals surface area contributed by atoms with Crippen molar-refractivity contribution in [1.82, 2.24) is 9.88 Å². The van der Waals surface area contributed by atoms with Crippen molar-refractivity contribution in [2.24, 2.45) is 0 Å². The number of hydrogen-bond acceptors (Lipinski definition) is 3. The fourth-order valence-electron chi connectivity index (χ4n) is 2.63. The fourth-order valence-corrected chi connectivity index (χ4v) is 2.63. The first-order chi connectivity index (χ1) is 9.60. The minimum atomic E-state index is -0.956. The molecule has 0 fully saturated rings. The van der Waals surface area contributed by atoms with Crippen LogP contribution in [0.2, 0.25) is 0 Å². The number of benzene rings is 1. The Hall–Kier alpha value is -2.50. The number of carbonyl (C=O) groups excluding carboxylic acids is 1. The molecule has 1 aliphatic heterocycles. The standard InChI is InChI=1S/C14H14N2O4/c1-20-14(19)16-5-4-12-10(7-16)9-6-8(13(17)18)2-3-11(9)15-12/h2-3,6,15H,4-5,7H2,1H3,(H,17,18). The molecule has 2 N–H and O–H groups in total. The molecule has 0 aliphatic carbocycles. The third-order valence-corrected chi connectivity index (χ3v) is 3.65. The Kier molecular flexibility index (Phi) is 2.85. The molecule has 0 unspecified atom stereocenters. The minimum Gasteiger partial charge on any atom is -0.478 e. The molecule has 2 heterocycles. The number of rotatable bonds is 1. The summed E-state index contributed by atoms with van der Waals surface area (Å²) in [5.74, 6) is -0.956. The summed E-state index contributed by atoms with van der Waals surface area (Å²) in [7, 11) is 1.36. The van der Waals surface area contributed by atoms with E-state index >= 15 is 0 Å². The lowest BCUT2D eigenvalue weighted by Gasteiger charge is -2.25. The van der Waals surface area contributed by atoms with E-state index in [1.54, 1.807) is 23.1 Å². The summed E-state index contributed by atoms with van der Waals surface area (Å²) in [6.45, 7) is 1.03. The van der Waals surface area contributed by atoms with Crippen LogP contribution in [0.4, 0.5) is 4.79 Å². The van der Waals surface area contributed by atoms with E-state index in [1.165, 1.54) is 7.11 Å². The van der Waals surface area contributed by atoms with Gasteiger partial charge < -0.3 is 19.7 Å². The second-order valence-electron chi connectivity index (χ2n) is 4.79. The molecule has 1 amide bonds. The predicted molar refractivity (Wildman–Crippen MR) is 71.8 cm³/mol. The fraction of sp³-hybridized carbons (Fsp3) is 0.286. The molecule has 0 atom stereocenters. The van der Waals surface area contributed by atoms with Gasteiger partial charge in [-0.3, -0.25) is 0 Å². The number of amides is 1. The average molecular weight is 274 g/mol. The zero-order valence-electron chi connectivity index (χ0n) is 11.0. The van der Waals surface area contributed by atoms with Crippen LogP contribution < -0.4 is 0 Å². The number of methoxy groups -OCH3 is 1. The highest BCUT2D eigenvalue weighted by atomic mass is 16.5. The molecule has 0 bridgehead atoms. The third-order valence-electron chi connectivity index (χ3n) is 3.65. The van der Waals surface area contributed by atoms with E-state index in [4.69, 9.17) is 9.84 Å². The molecular formula is C14H14N2O4. The van der Waals surface area contributed by atoms with Crippen LogP contribution in [0, 0.1) is 0 Å². The number of aromatic nitrogens is 1. The summed E-state index contributed by atoms with van der Waals surface area (Å²) in [6, 6.07) is 4.98. The van der Waals surface area contributed by atoms with Crippen molar-refractivity contribution in [1.29, 1.82) is 0 Å². The largest absolute Gasteiger partial charge is 0.478 e. The van der Waals surface area contributed by atoms with E-state index in [2.05, 4.69) is 4.98 Å². The summed E-state index contributed by atoms with van der Waals surface area (Å²) < 4.78 is 4.74. The Bertz CT molecular complexity index is 705. The highest BCUT2D eigenvalue weighted by molar-refractivity contribution is 5.95. The van der Waals surface area contributed by atoms with E-state index in [0.29, 0.717) is 19.5 Å². The van der Waals surface area contributed by atoms with E-state index < -0.39 is 5.97 Å². The van der Waals surface area contributed by atoms with Gasteiger partial charge in [0.25, 0.3) is 0 Å². The summed E-state index contributed by atoms with van der Waals surface area (Å²) >= 11 is 0. The normalized spacial score (nSPS) is 14.2. The molecule has 0 saturated carbocycles. The minimum absolute atomic E-state index is 0.245. The van der Waals surface area contributed by atoms with Crippen LogP contribution in [-0.4, -0.2) is 40.7 Å². The summed E-state index contributed by atoms with van der Waals surface area (Å²) in [5, 5.41) is 9.92. The number of carbonyl (C=O) groups is 2. The average Bonchev–Trinajstić information content (AvgIpc) is 2.83. The van der Waals surface area contributed by atoms with Crippen molar-refractivity contribution < 1.29 is 19.4 Å². The summed E-state index contributed by atoms with van der Waals surface area (Å²) in [6.07, 6.45) is 0.348. The van der Waals surface area contributed by atoms with E-state index in [1.807, 2.05) is 0 Å². The van der Waals surface area contributed by atoms with Gasteiger partial charge in [0.15, 0.2) is 0 Å². The molecule has 104 valence electrons. The smallest absolute Gasteiger partial charge is 0.409 e. The molecule has 1 aliphatic rings. The molecular weight excluding hydrogens is 260 g/mol. The Morgan fingerprint density at radius 2 is 2.20 bits per heavy atom. The Labute approximate surface area is 114 Å². The van der Waals surface area contributed by atoms with Crippen LogP contribution in [-0.2, 0) is 17.7 Å². The molecule has 2 aromatic rings. The van der Waals surface area contributed by atoms with Crippen molar-refractivity contribution in [3.63, 3.8) is 0 Å². The molecule has 1 aromatic carbocycles. The van der Waals surface area contributed by atoms with E-state index in [9.17, 15) is 9.59 Å². The number of fused-ring (bicyclic) bond motifs is 3. The summed E-state index contributed by atoms with van der Waals surface area (Å²) in [5.41, 5.74) is 3.17. The number of nitrogens with one attached hydrogen (secondary N) is 1. The van der Waals surface area contributed by atoms with Crippen molar-refractivity contribution in [3.8, 4) is 0 Å². The van der Waals surface area contributed by atoms with Gasteiger partial charge in [-0.25, -0.2) is 9.59 Å². The van der Waals surface area contributed by atoms with Gasteiger partial charge in [0, 0.05) is 35.1 Å². The molecule has 6 heteroatoms. The number of aromatic amines is 1. The van der Waals surface area contributed by atoms with Gasteiger partial charge in [-0.1, -0.05) is 0 Å². The van der Waals surface area contributed by atoms with Crippen molar-refractivity contribution >= 4 is 23.0 Å². The Balaban J connectivity index is 2.06. The maximum Gasteiger partial charge on any atom is 0.409 e. The first-order valence-corrected chi connectivity index (χ1v) is 6.30. The number of ether oxygens (including phenoxy) is 1. The van der Waals surface area contributed by atoms with Crippen molar-refractivity contribution in [2.45, 2.75) is 13.0 Å². The number of H-pyrrole nitrogens is 1. The number of hydrogen-bond donors (Lipinski definition) is 2. The number of nitrogens with zero attached hydrogens (tertiary/aromatic N) is 1. The Morgan fingerprint density at radius 3 is 2.90 bits per heavy atom. The van der Waals surface area contributed by atoms with Gasteiger partial charge >= 0.3 is 12.1 Å². The van der Waals surface area contributed by atoms with Crippen molar-refractivity contribution in [3.05, 3.63) is 35.0 Å². The molecule has 20 heavy (non-hydrogen) atoms. The first-order valence-electron chi connectivity index (χ1n) is 6.30. The van der Waals surface area contributed by atoms with Gasteiger partial charge in [0.2, 0.25) is 0 Å². The molecule has 0 saturated heterocycles. The SMILES string of the molecule is COC(=O)N1CCc2[nH]c3ccc(C(=O)O)cc3c2C1. The summed E-state index contributed by atoms with van der Waals surface area (Å²) in [4.78, 5) is 27.6. The molecule has 1 aromatic heterocycles. The van der Waals surface area contributed by atoms with Gasteiger partial charge in [0.1, 0.15) is 0 Å². The Morgan fingerprint density at radius 1 is 1.40 bits per heavy atom. The van der Waals surface area contributed by atoms with Crippen LogP contribution in [0.3, 0.4) is 0 Å². The van der Waals surface area contributed by atoms with Gasteiger partial charge in [0.05, 0.1) is 19.2 Å². The predicted octanol–water partition coefficient (Wildman–Crippen LogP) is 1.99. The molecule has 0 radical (unpaired) electrons. The maximum atomic E-state index is 11.6. The topological polar surface area (TPSA) is 82.6 Å². The highest BCUT2D eigenvalue weighted by Gasteiger charge is 2.24. The van der Waals surface area contributed by atoms with Crippen LogP contribution in [0.25, 0.3) is 10.9 Å². The molecule has 0 spiro atoms. The van der Waals surface area contributed by atoms with Crippen LogP contribution in [0.1, 0.15) is 21.6 Å². The lowest BCUT2D eigenvalue weighted by atomic mass is 10.0. The van der Waals surface area contributed by atoms with Gasteiger partial charge in [-0.2, -0.15) is 0 Å². The zero-order chi connectivity index (χ0) is 14.3. The third kappa shape index (κ3) is 1.89.